The van der Waals surface area contributed by atoms with Crippen LogP contribution in [0, 0.1) is 5.41 Å². The molecule has 6 heteroatoms. The summed E-state index contributed by atoms with van der Waals surface area (Å²) in [5.74, 6) is 0.992. The van der Waals surface area contributed by atoms with Crippen LogP contribution in [0.3, 0.4) is 0 Å². The molecule has 3 aromatic rings. The van der Waals surface area contributed by atoms with Gasteiger partial charge in [-0.1, -0.05) is 18.2 Å². The van der Waals surface area contributed by atoms with Crippen LogP contribution in [0.1, 0.15) is 12.8 Å². The van der Waals surface area contributed by atoms with Crippen molar-refractivity contribution in [3.05, 3.63) is 42.9 Å². The van der Waals surface area contributed by atoms with Crippen molar-refractivity contribution in [2.75, 3.05) is 31.2 Å². The maximum absolute atomic E-state index is 5.64. The minimum absolute atomic E-state index is 0.312. The minimum atomic E-state index is 0.312. The zero-order chi connectivity index (χ0) is 16.0. The van der Waals surface area contributed by atoms with Crippen molar-refractivity contribution in [3.8, 4) is 5.69 Å². The van der Waals surface area contributed by atoms with Crippen LogP contribution in [0.4, 0.5) is 5.82 Å². The van der Waals surface area contributed by atoms with E-state index >= 15 is 0 Å². The first-order valence-corrected chi connectivity index (χ1v) is 8.42. The predicted molar refractivity (Wildman–Crippen MR) is 91.4 cm³/mol. The van der Waals surface area contributed by atoms with E-state index in [0.29, 0.717) is 5.41 Å². The van der Waals surface area contributed by atoms with Gasteiger partial charge in [-0.15, -0.1) is 0 Å². The Bertz CT molecular complexity index is 870. The van der Waals surface area contributed by atoms with E-state index in [-0.39, 0.29) is 0 Å². The Kier molecular flexibility index (Phi) is 3.06. The molecule has 2 aliphatic rings. The molecule has 1 atom stereocenters. The molecule has 5 rings (SSSR count). The molecule has 4 heterocycles. The first-order chi connectivity index (χ1) is 11.8. The van der Waals surface area contributed by atoms with E-state index in [9.17, 15) is 0 Å². The van der Waals surface area contributed by atoms with E-state index in [1.54, 1.807) is 6.33 Å². The summed E-state index contributed by atoms with van der Waals surface area (Å²) in [5.41, 5.74) is 2.18. The lowest BCUT2D eigenvalue weighted by Gasteiger charge is -2.22. The molecule has 1 spiro atoms. The Labute approximate surface area is 140 Å². The van der Waals surface area contributed by atoms with Gasteiger partial charge in [-0.2, -0.15) is 5.10 Å². The van der Waals surface area contributed by atoms with Crippen molar-refractivity contribution in [1.82, 2.24) is 19.7 Å². The van der Waals surface area contributed by atoms with Gasteiger partial charge in [0.1, 0.15) is 12.1 Å². The topological polar surface area (TPSA) is 56.1 Å². The van der Waals surface area contributed by atoms with Crippen LogP contribution >= 0.6 is 0 Å². The van der Waals surface area contributed by atoms with Crippen LogP contribution in [0.15, 0.2) is 42.9 Å². The van der Waals surface area contributed by atoms with Crippen LogP contribution in [-0.2, 0) is 4.74 Å². The van der Waals surface area contributed by atoms with Crippen molar-refractivity contribution in [3.63, 3.8) is 0 Å². The summed E-state index contributed by atoms with van der Waals surface area (Å²) in [6, 6.07) is 10.1. The van der Waals surface area contributed by atoms with Crippen LogP contribution in [0.25, 0.3) is 16.7 Å². The molecule has 24 heavy (non-hydrogen) atoms. The Morgan fingerprint density at radius 2 is 2.00 bits per heavy atom. The highest BCUT2D eigenvalue weighted by atomic mass is 16.5. The monoisotopic (exact) mass is 321 g/mol. The third-order valence-corrected chi connectivity index (χ3v) is 5.27. The molecular formula is C18H19N5O. The fraction of sp³-hybridized carbons (Fsp3) is 0.389. The van der Waals surface area contributed by atoms with Gasteiger partial charge in [-0.25, -0.2) is 14.6 Å². The Balaban J connectivity index is 1.55. The molecule has 6 nitrogen and oxygen atoms in total. The maximum Gasteiger partial charge on any atom is 0.168 e. The van der Waals surface area contributed by atoms with Gasteiger partial charge in [0.25, 0.3) is 0 Å². The second-order valence-electron chi connectivity index (χ2n) is 6.80. The van der Waals surface area contributed by atoms with Gasteiger partial charge in [-0.3, -0.25) is 0 Å². The highest BCUT2D eigenvalue weighted by Gasteiger charge is 2.42. The van der Waals surface area contributed by atoms with E-state index in [4.69, 9.17) is 4.74 Å². The number of para-hydroxylation sites is 1. The number of nitrogens with zero attached hydrogens (tertiary/aromatic N) is 5. The van der Waals surface area contributed by atoms with Crippen molar-refractivity contribution in [2.45, 2.75) is 12.8 Å². The summed E-state index contributed by atoms with van der Waals surface area (Å²) in [7, 11) is 0. The fourth-order valence-electron chi connectivity index (χ4n) is 3.93. The smallest absolute Gasteiger partial charge is 0.168 e. The lowest BCUT2D eigenvalue weighted by Crippen LogP contribution is -2.28. The molecule has 0 amide bonds. The quantitative estimate of drug-likeness (QED) is 0.725. The van der Waals surface area contributed by atoms with E-state index in [0.717, 1.165) is 55.3 Å². The van der Waals surface area contributed by atoms with Crippen molar-refractivity contribution in [1.29, 1.82) is 0 Å². The van der Waals surface area contributed by atoms with Crippen molar-refractivity contribution < 1.29 is 4.74 Å². The summed E-state index contributed by atoms with van der Waals surface area (Å²) >= 11 is 0. The van der Waals surface area contributed by atoms with Gasteiger partial charge in [0.2, 0.25) is 0 Å². The molecule has 0 aliphatic carbocycles. The van der Waals surface area contributed by atoms with Gasteiger partial charge in [0.15, 0.2) is 5.65 Å². The van der Waals surface area contributed by atoms with E-state index < -0.39 is 0 Å². The van der Waals surface area contributed by atoms with Gasteiger partial charge >= 0.3 is 0 Å². The van der Waals surface area contributed by atoms with Crippen molar-refractivity contribution >= 4 is 16.9 Å². The van der Waals surface area contributed by atoms with Gasteiger partial charge < -0.3 is 9.64 Å². The van der Waals surface area contributed by atoms with Gasteiger partial charge in [0, 0.05) is 25.1 Å². The van der Waals surface area contributed by atoms with Gasteiger partial charge in [0.05, 0.1) is 23.9 Å². The highest BCUT2D eigenvalue weighted by molar-refractivity contribution is 5.87. The van der Waals surface area contributed by atoms with Crippen molar-refractivity contribution in [2.24, 2.45) is 5.41 Å². The molecule has 2 saturated heterocycles. The Morgan fingerprint density at radius 3 is 2.83 bits per heavy atom. The number of fused-ring (bicyclic) bond motifs is 1. The molecule has 0 unspecified atom stereocenters. The minimum Gasteiger partial charge on any atom is -0.381 e. The van der Waals surface area contributed by atoms with Crippen LogP contribution in [0.5, 0.6) is 0 Å². The number of hydrogen-bond acceptors (Lipinski definition) is 5. The molecule has 2 aromatic heterocycles. The first kappa shape index (κ1) is 13.9. The molecule has 0 radical (unpaired) electrons. The number of ether oxygens (including phenoxy) is 1. The molecule has 0 bridgehead atoms. The maximum atomic E-state index is 5.64. The average Bonchev–Trinajstić information content (AvgIpc) is 3.36. The number of hydrogen-bond donors (Lipinski definition) is 0. The lowest BCUT2D eigenvalue weighted by molar-refractivity contribution is 0.160. The molecular weight excluding hydrogens is 302 g/mol. The predicted octanol–water partition coefficient (Wildman–Crippen LogP) is 2.43. The summed E-state index contributed by atoms with van der Waals surface area (Å²) in [4.78, 5) is 11.4. The Hall–Kier alpha value is -2.47. The second-order valence-corrected chi connectivity index (χ2v) is 6.80. The molecule has 0 N–H and O–H groups in total. The van der Waals surface area contributed by atoms with Crippen LogP contribution in [-0.4, -0.2) is 46.1 Å². The third kappa shape index (κ3) is 2.10. The number of rotatable bonds is 2. The van der Waals surface area contributed by atoms with Gasteiger partial charge in [-0.05, 0) is 25.0 Å². The second kappa shape index (κ2) is 5.27. The summed E-state index contributed by atoms with van der Waals surface area (Å²) in [6.45, 7) is 3.79. The molecule has 2 fully saturated rings. The largest absolute Gasteiger partial charge is 0.381 e. The summed E-state index contributed by atoms with van der Waals surface area (Å²) < 4.78 is 7.52. The summed E-state index contributed by atoms with van der Waals surface area (Å²) in [6.07, 6.45) is 5.86. The number of benzene rings is 1. The van der Waals surface area contributed by atoms with Crippen LogP contribution in [0.2, 0.25) is 0 Å². The lowest BCUT2D eigenvalue weighted by atomic mass is 9.87. The number of aromatic nitrogens is 4. The van der Waals surface area contributed by atoms with E-state index in [1.807, 2.05) is 41.2 Å². The van der Waals surface area contributed by atoms with E-state index in [2.05, 4.69) is 20.0 Å². The highest BCUT2D eigenvalue weighted by Crippen LogP contribution is 2.40. The SMILES string of the molecule is c1ccc(-n2ncc3c(N4CC[C@@]5(CCOC5)C4)ncnc32)cc1. The molecule has 2 aliphatic heterocycles. The first-order valence-electron chi connectivity index (χ1n) is 8.42. The number of anilines is 1. The third-order valence-electron chi connectivity index (χ3n) is 5.27. The zero-order valence-corrected chi connectivity index (χ0v) is 13.4. The van der Waals surface area contributed by atoms with Crippen LogP contribution < -0.4 is 4.90 Å². The Morgan fingerprint density at radius 1 is 1.08 bits per heavy atom. The summed E-state index contributed by atoms with van der Waals surface area (Å²) in [5, 5.41) is 5.56. The normalized spacial score (nSPS) is 23.6. The average molecular weight is 321 g/mol. The van der Waals surface area contributed by atoms with E-state index in [1.165, 1.54) is 6.42 Å². The molecule has 122 valence electrons. The zero-order valence-electron chi connectivity index (χ0n) is 13.4. The fourth-order valence-corrected chi connectivity index (χ4v) is 3.93. The molecule has 1 aromatic carbocycles. The standard InChI is InChI=1S/C18H19N5O/c1-2-4-14(5-3-1)23-17-15(10-21-23)16(19-13-20-17)22-8-6-18(11-22)7-9-24-12-18/h1-5,10,13H,6-9,11-12H2/t18-/m1/s1. The molecule has 0 saturated carbocycles.